The number of nitrogens with zero attached hydrogens (tertiary/aromatic N) is 3. The van der Waals surface area contributed by atoms with Gasteiger partial charge in [0.25, 0.3) is 0 Å². The van der Waals surface area contributed by atoms with Gasteiger partial charge in [0, 0.05) is 6.54 Å². The van der Waals surface area contributed by atoms with Crippen LogP contribution >= 0.6 is 23.2 Å². The fourth-order valence-corrected chi connectivity index (χ4v) is 3.99. The monoisotopic (exact) mass is 509 g/mol. The van der Waals surface area contributed by atoms with Gasteiger partial charge in [-0.15, -0.1) is 13.2 Å². The molecule has 0 unspecified atom stereocenters. The van der Waals surface area contributed by atoms with Gasteiger partial charge in [-0.2, -0.15) is 0 Å². The molecule has 0 aliphatic rings. The van der Waals surface area contributed by atoms with Gasteiger partial charge in [0.05, 0.1) is 39.9 Å². The first kappa shape index (κ1) is 24.2. The molecular weight excluding hydrogens is 490 g/mol. The second-order valence-corrected chi connectivity index (χ2v) is 8.33. The molecule has 0 saturated heterocycles. The van der Waals surface area contributed by atoms with Gasteiger partial charge in [0.15, 0.2) is 0 Å². The zero-order valence-corrected chi connectivity index (χ0v) is 19.5. The Morgan fingerprint density at radius 3 is 1.97 bits per heavy atom. The van der Waals surface area contributed by atoms with Gasteiger partial charge in [-0.05, 0) is 54.4 Å². The van der Waals surface area contributed by atoms with E-state index in [1.54, 1.807) is 12.1 Å². The molecule has 0 spiro atoms. The van der Waals surface area contributed by atoms with Crippen LogP contribution in [0.1, 0.15) is 18.1 Å². The highest BCUT2D eigenvalue weighted by molar-refractivity contribution is 6.42. The van der Waals surface area contributed by atoms with Crippen LogP contribution in [0, 0.1) is 0 Å². The van der Waals surface area contributed by atoms with Crippen LogP contribution in [-0.4, -0.2) is 20.6 Å². The molecule has 0 radical (unpaired) electrons. The van der Waals surface area contributed by atoms with Crippen molar-refractivity contribution in [3.63, 3.8) is 0 Å². The van der Waals surface area contributed by atoms with Gasteiger partial charge < -0.3 is 19.0 Å². The Kier molecular flexibility index (Phi) is 6.93. The number of ether oxygens (including phenoxy) is 1. The van der Waals surface area contributed by atoms with E-state index < -0.39 is 6.36 Å². The Bertz CT molecular complexity index is 1380. The minimum atomic E-state index is -4.76. The molecule has 0 fully saturated rings. The van der Waals surface area contributed by atoms with Crippen LogP contribution in [0.25, 0.3) is 11.0 Å². The van der Waals surface area contributed by atoms with Crippen LogP contribution < -0.4 is 10.4 Å². The molecule has 3 aromatic carbocycles. The lowest BCUT2D eigenvalue weighted by atomic mass is 10.1. The predicted octanol–water partition coefficient (Wildman–Crippen LogP) is 6.44. The van der Waals surface area contributed by atoms with Crippen molar-refractivity contribution in [2.24, 2.45) is 4.99 Å². The smallest absolute Gasteiger partial charge is 0.406 e. The molecule has 0 amide bonds. The molecule has 34 heavy (non-hydrogen) atoms. The Balaban J connectivity index is 1.87. The molecular formula is C24H20Cl2F3N3O2. The number of aryl methyl sites for hydroxylation is 1. The van der Waals surface area contributed by atoms with Gasteiger partial charge in [-0.25, -0.2) is 4.99 Å². The van der Waals surface area contributed by atoms with Crippen molar-refractivity contribution in [2.45, 2.75) is 33.0 Å². The zero-order valence-electron chi connectivity index (χ0n) is 18.0. The highest BCUT2D eigenvalue weighted by atomic mass is 35.5. The SMILES string of the molecule is CCn1c(=Nc2ccc(OC(F)(F)F)cc2)n(Cc2ccc(CO)cc2)c2cc(Cl)c(Cl)cc21. The second kappa shape index (κ2) is 9.74. The van der Waals surface area contributed by atoms with Gasteiger partial charge in [0.1, 0.15) is 5.75 Å². The predicted molar refractivity (Wildman–Crippen MR) is 125 cm³/mol. The number of imidazole rings is 1. The lowest BCUT2D eigenvalue weighted by Crippen LogP contribution is -2.26. The number of hydrogen-bond acceptors (Lipinski definition) is 3. The summed E-state index contributed by atoms with van der Waals surface area (Å²) in [6, 6.07) is 16.4. The Hall–Kier alpha value is -2.94. The standard InChI is InChI=1S/C24H20Cl2F3N3O2/c1-2-31-21-11-19(25)20(26)12-22(21)32(13-15-3-5-16(14-33)6-4-15)23(31)30-17-7-9-18(10-8-17)34-24(27,28)29/h3-12,33H,2,13-14H2,1H3. The van der Waals surface area contributed by atoms with Crippen molar-refractivity contribution < 1.29 is 23.0 Å². The summed E-state index contributed by atoms with van der Waals surface area (Å²) in [7, 11) is 0. The van der Waals surface area contributed by atoms with Crippen molar-refractivity contribution in [1.82, 2.24) is 9.13 Å². The number of aromatic nitrogens is 2. The topological polar surface area (TPSA) is 51.7 Å². The maximum Gasteiger partial charge on any atom is 0.573 e. The Morgan fingerprint density at radius 2 is 1.44 bits per heavy atom. The highest BCUT2D eigenvalue weighted by Gasteiger charge is 2.31. The summed E-state index contributed by atoms with van der Waals surface area (Å²) in [4.78, 5) is 4.74. The number of rotatable bonds is 6. The molecule has 0 saturated carbocycles. The van der Waals surface area contributed by atoms with Gasteiger partial charge >= 0.3 is 6.36 Å². The van der Waals surface area contributed by atoms with Crippen molar-refractivity contribution >= 4 is 39.9 Å². The Morgan fingerprint density at radius 1 is 0.882 bits per heavy atom. The fourth-order valence-electron chi connectivity index (χ4n) is 3.68. The number of alkyl halides is 3. The first-order valence-corrected chi connectivity index (χ1v) is 11.1. The fraction of sp³-hybridized carbons (Fsp3) is 0.208. The number of aliphatic hydroxyl groups is 1. The van der Waals surface area contributed by atoms with Crippen LogP contribution in [0.3, 0.4) is 0 Å². The first-order chi connectivity index (χ1) is 16.2. The minimum absolute atomic E-state index is 0.0503. The summed E-state index contributed by atoms with van der Waals surface area (Å²) in [5, 5.41) is 10.1. The van der Waals surface area contributed by atoms with Crippen molar-refractivity contribution in [3.05, 3.63) is 87.5 Å². The van der Waals surface area contributed by atoms with Crippen molar-refractivity contribution in [2.75, 3.05) is 0 Å². The average Bonchev–Trinajstić information content (AvgIpc) is 3.06. The maximum absolute atomic E-state index is 12.5. The molecule has 5 nitrogen and oxygen atoms in total. The zero-order chi connectivity index (χ0) is 24.5. The molecule has 4 aromatic rings. The number of fused-ring (bicyclic) bond motifs is 1. The van der Waals surface area contributed by atoms with Gasteiger partial charge in [-0.3, -0.25) is 0 Å². The first-order valence-electron chi connectivity index (χ1n) is 10.4. The molecule has 0 bridgehead atoms. The summed E-state index contributed by atoms with van der Waals surface area (Å²) in [5.41, 5.74) is 4.41. The van der Waals surface area contributed by atoms with E-state index in [0.717, 1.165) is 22.2 Å². The van der Waals surface area contributed by atoms with Crippen LogP contribution in [0.2, 0.25) is 10.0 Å². The van der Waals surface area contributed by atoms with Crippen LogP contribution in [0.4, 0.5) is 18.9 Å². The van der Waals surface area contributed by atoms with Crippen LogP contribution in [0.15, 0.2) is 65.7 Å². The molecule has 0 aliphatic heterocycles. The normalized spacial score (nSPS) is 12.5. The molecule has 0 atom stereocenters. The van der Waals surface area contributed by atoms with E-state index in [2.05, 4.69) is 4.74 Å². The molecule has 0 aliphatic carbocycles. The molecule has 1 N–H and O–H groups in total. The number of aliphatic hydroxyl groups excluding tert-OH is 1. The number of hydrogen-bond donors (Lipinski definition) is 1. The molecule has 4 rings (SSSR count). The van der Waals surface area contributed by atoms with E-state index in [1.165, 1.54) is 24.3 Å². The Labute approximate surface area is 203 Å². The third-order valence-electron chi connectivity index (χ3n) is 5.24. The van der Waals surface area contributed by atoms with Crippen LogP contribution in [0.5, 0.6) is 5.75 Å². The average molecular weight is 510 g/mol. The summed E-state index contributed by atoms with van der Waals surface area (Å²) in [6.07, 6.45) is -4.76. The molecule has 178 valence electrons. The van der Waals surface area contributed by atoms with Gasteiger partial charge in [0.2, 0.25) is 5.62 Å². The van der Waals surface area contributed by atoms with Gasteiger partial charge in [-0.1, -0.05) is 47.5 Å². The molecule has 1 heterocycles. The quantitative estimate of drug-likeness (QED) is 0.325. The summed E-state index contributed by atoms with van der Waals surface area (Å²) in [6.45, 7) is 2.92. The van der Waals surface area contributed by atoms with Crippen LogP contribution in [-0.2, 0) is 19.7 Å². The summed E-state index contributed by atoms with van der Waals surface area (Å²) in [5.74, 6) is -0.321. The van der Waals surface area contributed by atoms with E-state index in [9.17, 15) is 18.3 Å². The maximum atomic E-state index is 12.5. The third kappa shape index (κ3) is 5.24. The van der Waals surface area contributed by atoms with Crippen molar-refractivity contribution in [3.8, 4) is 5.75 Å². The lowest BCUT2D eigenvalue weighted by molar-refractivity contribution is -0.274. The highest BCUT2D eigenvalue weighted by Crippen LogP contribution is 2.29. The minimum Gasteiger partial charge on any atom is -0.406 e. The molecule has 1 aromatic heterocycles. The third-order valence-corrected chi connectivity index (χ3v) is 5.97. The number of halogens is 5. The van der Waals surface area contributed by atoms with E-state index >= 15 is 0 Å². The summed E-state index contributed by atoms with van der Waals surface area (Å²) < 4.78 is 45.3. The molecule has 10 heteroatoms. The second-order valence-electron chi connectivity index (χ2n) is 7.51. The van der Waals surface area contributed by atoms with E-state index in [0.29, 0.717) is 34.4 Å². The van der Waals surface area contributed by atoms with E-state index in [-0.39, 0.29) is 12.4 Å². The van der Waals surface area contributed by atoms with E-state index in [1.807, 2.05) is 40.3 Å². The number of benzene rings is 3. The van der Waals surface area contributed by atoms with E-state index in [4.69, 9.17) is 28.2 Å². The summed E-state index contributed by atoms with van der Waals surface area (Å²) >= 11 is 12.6. The van der Waals surface area contributed by atoms with Crippen molar-refractivity contribution in [1.29, 1.82) is 0 Å². The lowest BCUT2D eigenvalue weighted by Gasteiger charge is -2.09. The largest absolute Gasteiger partial charge is 0.573 e.